The molecule has 82 valence electrons. The topological polar surface area (TPSA) is 45.8 Å². The number of aromatic amines is 1. The summed E-state index contributed by atoms with van der Waals surface area (Å²) in [5.41, 5.74) is 3.22. The molecule has 0 spiro atoms. The maximum atomic E-state index is 11.0. The summed E-state index contributed by atoms with van der Waals surface area (Å²) < 4.78 is 0. The first-order valence-corrected chi connectivity index (χ1v) is 5.34. The van der Waals surface area contributed by atoms with Crippen molar-refractivity contribution in [2.45, 2.75) is 19.8 Å². The summed E-state index contributed by atoms with van der Waals surface area (Å²) in [6.45, 7) is 1.61. The number of hydrogen-bond donors (Lipinski definition) is 1. The highest BCUT2D eigenvalue weighted by atomic mass is 16.1. The molecule has 0 fully saturated rings. The van der Waals surface area contributed by atoms with Crippen LogP contribution in [0.4, 0.5) is 0 Å². The Hall–Kier alpha value is -1.90. The predicted molar refractivity (Wildman–Crippen MR) is 63.0 cm³/mol. The second-order valence-corrected chi connectivity index (χ2v) is 3.84. The average Bonchev–Trinajstić information content (AvgIpc) is 2.75. The SMILES string of the molecule is CC(=O)CCc1cn[nH]c1-c1ccccc1. The van der Waals surface area contributed by atoms with Crippen LogP contribution < -0.4 is 0 Å². The average molecular weight is 214 g/mol. The first-order chi connectivity index (χ1) is 7.77. The van der Waals surface area contributed by atoms with Crippen LogP contribution in [0.1, 0.15) is 18.9 Å². The van der Waals surface area contributed by atoms with E-state index in [0.29, 0.717) is 6.42 Å². The first-order valence-electron chi connectivity index (χ1n) is 5.34. The fourth-order valence-electron chi connectivity index (χ4n) is 1.67. The van der Waals surface area contributed by atoms with Crippen LogP contribution in [-0.4, -0.2) is 16.0 Å². The van der Waals surface area contributed by atoms with Gasteiger partial charge in [-0.3, -0.25) is 5.10 Å². The highest BCUT2D eigenvalue weighted by molar-refractivity contribution is 5.76. The zero-order valence-electron chi connectivity index (χ0n) is 9.23. The molecular formula is C13H14N2O. The number of hydrogen-bond acceptors (Lipinski definition) is 2. The largest absolute Gasteiger partial charge is 0.300 e. The van der Waals surface area contributed by atoms with Crippen LogP contribution in [0.25, 0.3) is 11.3 Å². The van der Waals surface area contributed by atoms with Gasteiger partial charge in [-0.25, -0.2) is 0 Å². The molecule has 1 aromatic heterocycles. The van der Waals surface area contributed by atoms with E-state index in [9.17, 15) is 4.79 Å². The monoisotopic (exact) mass is 214 g/mol. The number of rotatable bonds is 4. The molecular weight excluding hydrogens is 200 g/mol. The van der Waals surface area contributed by atoms with Crippen molar-refractivity contribution in [3.8, 4) is 11.3 Å². The molecule has 2 rings (SSSR count). The molecule has 0 amide bonds. The fourth-order valence-corrected chi connectivity index (χ4v) is 1.67. The van der Waals surface area contributed by atoms with Gasteiger partial charge in [-0.15, -0.1) is 0 Å². The number of ketones is 1. The maximum Gasteiger partial charge on any atom is 0.130 e. The van der Waals surface area contributed by atoms with Gasteiger partial charge in [0.05, 0.1) is 11.9 Å². The van der Waals surface area contributed by atoms with Crippen LogP contribution >= 0.6 is 0 Å². The van der Waals surface area contributed by atoms with E-state index in [0.717, 1.165) is 23.2 Å². The Morgan fingerprint density at radius 2 is 2.06 bits per heavy atom. The fraction of sp³-hybridized carbons (Fsp3) is 0.231. The molecule has 3 heteroatoms. The molecule has 0 bridgehead atoms. The smallest absolute Gasteiger partial charge is 0.130 e. The molecule has 0 unspecified atom stereocenters. The summed E-state index contributed by atoms with van der Waals surface area (Å²) in [6.07, 6.45) is 3.11. The lowest BCUT2D eigenvalue weighted by atomic mass is 10.0. The number of nitrogens with one attached hydrogen (secondary N) is 1. The lowest BCUT2D eigenvalue weighted by Crippen LogP contribution is -1.94. The molecule has 1 aromatic carbocycles. The van der Waals surface area contributed by atoms with E-state index in [4.69, 9.17) is 0 Å². The van der Waals surface area contributed by atoms with Crippen molar-refractivity contribution < 1.29 is 4.79 Å². The lowest BCUT2D eigenvalue weighted by Gasteiger charge is -2.01. The molecule has 0 atom stereocenters. The summed E-state index contributed by atoms with van der Waals surface area (Å²) in [7, 11) is 0. The van der Waals surface area contributed by atoms with Crippen LogP contribution in [0.5, 0.6) is 0 Å². The zero-order chi connectivity index (χ0) is 11.4. The molecule has 1 heterocycles. The van der Waals surface area contributed by atoms with Gasteiger partial charge in [-0.1, -0.05) is 30.3 Å². The number of Topliss-reactive ketones (excluding diaryl/α,β-unsaturated/α-hetero) is 1. The normalized spacial score (nSPS) is 10.3. The zero-order valence-corrected chi connectivity index (χ0v) is 9.23. The van der Waals surface area contributed by atoms with Crippen molar-refractivity contribution in [2.75, 3.05) is 0 Å². The Balaban J connectivity index is 2.23. The second-order valence-electron chi connectivity index (χ2n) is 3.84. The molecule has 2 aromatic rings. The van der Waals surface area contributed by atoms with Crippen LogP contribution in [0.15, 0.2) is 36.5 Å². The van der Waals surface area contributed by atoms with Gasteiger partial charge in [0.2, 0.25) is 0 Å². The van der Waals surface area contributed by atoms with Crippen molar-refractivity contribution in [2.24, 2.45) is 0 Å². The molecule has 0 aliphatic rings. The highest BCUT2D eigenvalue weighted by Gasteiger charge is 2.07. The quantitative estimate of drug-likeness (QED) is 0.850. The van der Waals surface area contributed by atoms with Gasteiger partial charge in [-0.2, -0.15) is 5.10 Å². The van der Waals surface area contributed by atoms with Gasteiger partial charge in [0.1, 0.15) is 5.78 Å². The maximum absolute atomic E-state index is 11.0. The van der Waals surface area contributed by atoms with E-state index >= 15 is 0 Å². The molecule has 0 radical (unpaired) electrons. The van der Waals surface area contributed by atoms with Crippen LogP contribution in [0.2, 0.25) is 0 Å². The summed E-state index contributed by atoms with van der Waals surface area (Å²) in [4.78, 5) is 11.0. The summed E-state index contributed by atoms with van der Waals surface area (Å²) >= 11 is 0. The van der Waals surface area contributed by atoms with Crippen molar-refractivity contribution in [3.63, 3.8) is 0 Å². The second kappa shape index (κ2) is 4.75. The Kier molecular flexibility index (Phi) is 3.15. The van der Waals surface area contributed by atoms with E-state index < -0.39 is 0 Å². The van der Waals surface area contributed by atoms with E-state index in [1.807, 2.05) is 30.3 Å². The lowest BCUT2D eigenvalue weighted by molar-refractivity contribution is -0.116. The van der Waals surface area contributed by atoms with Gasteiger partial charge in [0, 0.05) is 6.42 Å². The van der Waals surface area contributed by atoms with Crippen molar-refractivity contribution in [3.05, 3.63) is 42.1 Å². The molecule has 3 nitrogen and oxygen atoms in total. The van der Waals surface area contributed by atoms with E-state index in [2.05, 4.69) is 10.2 Å². The van der Waals surface area contributed by atoms with E-state index in [1.165, 1.54) is 0 Å². The number of aromatic nitrogens is 2. The Bertz CT molecular complexity index is 474. The van der Waals surface area contributed by atoms with Gasteiger partial charge in [-0.05, 0) is 24.5 Å². The van der Waals surface area contributed by atoms with Gasteiger partial charge >= 0.3 is 0 Å². The number of nitrogens with zero attached hydrogens (tertiary/aromatic N) is 1. The third-order valence-electron chi connectivity index (χ3n) is 2.53. The molecule has 0 saturated carbocycles. The molecule has 0 saturated heterocycles. The highest BCUT2D eigenvalue weighted by Crippen LogP contribution is 2.21. The van der Waals surface area contributed by atoms with Gasteiger partial charge in [0.25, 0.3) is 0 Å². The molecule has 1 N–H and O–H groups in total. The Morgan fingerprint density at radius 3 is 2.75 bits per heavy atom. The summed E-state index contributed by atoms with van der Waals surface area (Å²) in [6, 6.07) is 10.0. The third kappa shape index (κ3) is 2.37. The summed E-state index contributed by atoms with van der Waals surface area (Å²) in [5.74, 6) is 0.209. The Morgan fingerprint density at radius 1 is 1.31 bits per heavy atom. The number of carbonyl (C=O) groups excluding carboxylic acids is 1. The minimum absolute atomic E-state index is 0.209. The van der Waals surface area contributed by atoms with Gasteiger partial charge in [0.15, 0.2) is 0 Å². The minimum atomic E-state index is 0.209. The van der Waals surface area contributed by atoms with Crippen LogP contribution in [-0.2, 0) is 11.2 Å². The third-order valence-corrected chi connectivity index (χ3v) is 2.53. The van der Waals surface area contributed by atoms with Crippen molar-refractivity contribution in [1.82, 2.24) is 10.2 Å². The van der Waals surface area contributed by atoms with Crippen LogP contribution in [0, 0.1) is 0 Å². The molecule has 16 heavy (non-hydrogen) atoms. The van der Waals surface area contributed by atoms with E-state index in [1.54, 1.807) is 13.1 Å². The minimum Gasteiger partial charge on any atom is -0.300 e. The van der Waals surface area contributed by atoms with Crippen molar-refractivity contribution in [1.29, 1.82) is 0 Å². The summed E-state index contributed by atoms with van der Waals surface area (Å²) in [5, 5.41) is 7.02. The van der Waals surface area contributed by atoms with E-state index in [-0.39, 0.29) is 5.78 Å². The standard InChI is InChI=1S/C13H14N2O/c1-10(16)7-8-12-9-14-15-13(12)11-5-3-2-4-6-11/h2-6,9H,7-8H2,1H3,(H,14,15). The van der Waals surface area contributed by atoms with Crippen LogP contribution in [0.3, 0.4) is 0 Å². The predicted octanol–water partition coefficient (Wildman–Crippen LogP) is 2.60. The van der Waals surface area contributed by atoms with Gasteiger partial charge < -0.3 is 4.79 Å². The number of aryl methyl sites for hydroxylation is 1. The number of carbonyl (C=O) groups is 1. The van der Waals surface area contributed by atoms with Crippen molar-refractivity contribution >= 4 is 5.78 Å². The molecule has 0 aliphatic heterocycles. The number of H-pyrrole nitrogens is 1. The first kappa shape index (κ1) is 10.6. The Labute approximate surface area is 94.5 Å². The number of benzene rings is 1. The molecule has 0 aliphatic carbocycles.